The zero-order valence-corrected chi connectivity index (χ0v) is 17.3. The molecule has 2 aromatic rings. The lowest BCUT2D eigenvalue weighted by molar-refractivity contribution is -0.129. The van der Waals surface area contributed by atoms with Crippen molar-refractivity contribution in [1.82, 2.24) is 14.8 Å². The smallest absolute Gasteiger partial charge is 0.264 e. The molecule has 0 spiro atoms. The van der Waals surface area contributed by atoms with E-state index in [2.05, 4.69) is 4.98 Å². The molecule has 2 N–H and O–H groups in total. The molecule has 0 unspecified atom stereocenters. The predicted octanol–water partition coefficient (Wildman–Crippen LogP) is 1.62. The van der Waals surface area contributed by atoms with Gasteiger partial charge >= 0.3 is 0 Å². The van der Waals surface area contributed by atoms with Gasteiger partial charge in [0.05, 0.1) is 22.7 Å². The molecule has 3 amide bonds. The summed E-state index contributed by atoms with van der Waals surface area (Å²) in [7, 11) is 0. The van der Waals surface area contributed by atoms with E-state index in [0.29, 0.717) is 31.9 Å². The van der Waals surface area contributed by atoms with Crippen LogP contribution in [-0.4, -0.2) is 64.4 Å². The van der Waals surface area contributed by atoms with Crippen LogP contribution in [0.15, 0.2) is 21.9 Å². The topological polar surface area (TPSA) is 96.6 Å². The molecule has 27 heavy (non-hydrogen) atoms. The van der Waals surface area contributed by atoms with E-state index in [1.807, 2.05) is 24.4 Å². The average Bonchev–Trinajstić information content (AvgIpc) is 3.29. The molecule has 2 aromatic heterocycles. The van der Waals surface area contributed by atoms with Crippen LogP contribution in [0.4, 0.5) is 0 Å². The molecule has 1 saturated heterocycles. The normalized spacial score (nSPS) is 14.4. The second kappa shape index (κ2) is 8.85. The number of aryl methyl sites for hydroxylation is 1. The Morgan fingerprint density at radius 3 is 2.56 bits per heavy atom. The van der Waals surface area contributed by atoms with E-state index >= 15 is 0 Å². The third kappa shape index (κ3) is 5.08. The summed E-state index contributed by atoms with van der Waals surface area (Å²) in [5, 5.41) is 1.89. The monoisotopic (exact) mass is 424 g/mol. The van der Waals surface area contributed by atoms with Crippen molar-refractivity contribution in [2.45, 2.75) is 17.7 Å². The highest BCUT2D eigenvalue weighted by atomic mass is 32.2. The Hall–Kier alpha value is -1.91. The number of rotatable bonds is 6. The Morgan fingerprint density at radius 2 is 1.93 bits per heavy atom. The molecule has 7 nitrogen and oxygen atoms in total. The zero-order chi connectivity index (χ0) is 19.4. The van der Waals surface area contributed by atoms with Crippen molar-refractivity contribution in [3.05, 3.63) is 33.0 Å². The molecule has 144 valence electrons. The van der Waals surface area contributed by atoms with Crippen LogP contribution in [0.3, 0.4) is 0 Å². The van der Waals surface area contributed by atoms with Crippen LogP contribution in [0.1, 0.15) is 20.2 Å². The lowest BCUT2D eigenvalue weighted by Gasteiger charge is -2.34. The number of piperazine rings is 1. The van der Waals surface area contributed by atoms with Crippen molar-refractivity contribution in [3.63, 3.8) is 0 Å². The number of primary amides is 1. The van der Waals surface area contributed by atoms with Crippen molar-refractivity contribution in [2.24, 2.45) is 5.73 Å². The van der Waals surface area contributed by atoms with Crippen LogP contribution >= 0.6 is 34.4 Å². The molecule has 3 heterocycles. The minimum absolute atomic E-state index is 0.0340. The summed E-state index contributed by atoms with van der Waals surface area (Å²) in [6.07, 6.45) is 0.179. The molecule has 10 heteroatoms. The van der Waals surface area contributed by atoms with E-state index in [4.69, 9.17) is 5.73 Å². The van der Waals surface area contributed by atoms with Gasteiger partial charge in [-0.3, -0.25) is 14.4 Å². The molecular weight excluding hydrogens is 404 g/mol. The fourth-order valence-electron chi connectivity index (χ4n) is 2.72. The number of aromatic nitrogens is 1. The van der Waals surface area contributed by atoms with Crippen LogP contribution in [0, 0.1) is 6.92 Å². The molecule has 1 aliphatic rings. The third-order valence-corrected chi connectivity index (χ3v) is 7.32. The van der Waals surface area contributed by atoms with E-state index in [-0.39, 0.29) is 24.1 Å². The first-order valence-electron chi connectivity index (χ1n) is 8.42. The average molecular weight is 425 g/mol. The van der Waals surface area contributed by atoms with Gasteiger partial charge in [-0.15, -0.1) is 22.7 Å². The second-order valence-corrected chi connectivity index (χ2v) is 9.32. The number of hydrogen-bond donors (Lipinski definition) is 1. The number of nitrogens with two attached hydrogens (primary N) is 1. The van der Waals surface area contributed by atoms with Crippen molar-refractivity contribution >= 4 is 52.2 Å². The molecule has 0 bridgehead atoms. The molecular formula is C17H20N4O3S3. The highest BCUT2D eigenvalue weighted by molar-refractivity contribution is 8.01. The number of hydrogen-bond acceptors (Lipinski definition) is 7. The summed E-state index contributed by atoms with van der Waals surface area (Å²) in [5.74, 6) is -0.0226. The summed E-state index contributed by atoms with van der Waals surface area (Å²) in [6.45, 7) is 4.02. The van der Waals surface area contributed by atoms with Crippen molar-refractivity contribution in [1.29, 1.82) is 0 Å². The highest BCUT2D eigenvalue weighted by Crippen LogP contribution is 2.28. The van der Waals surface area contributed by atoms with Crippen molar-refractivity contribution in [2.75, 3.05) is 31.9 Å². The summed E-state index contributed by atoms with van der Waals surface area (Å²) < 4.78 is 0.767. The lowest BCUT2D eigenvalue weighted by Crippen LogP contribution is -2.50. The van der Waals surface area contributed by atoms with Crippen LogP contribution in [-0.2, 0) is 16.0 Å². The summed E-state index contributed by atoms with van der Waals surface area (Å²) in [6, 6.07) is 3.69. The summed E-state index contributed by atoms with van der Waals surface area (Å²) in [4.78, 5) is 45.4. The van der Waals surface area contributed by atoms with Gasteiger partial charge in [0.25, 0.3) is 5.91 Å². The van der Waals surface area contributed by atoms with Gasteiger partial charge in [-0.1, -0.05) is 17.8 Å². The van der Waals surface area contributed by atoms with Crippen LogP contribution < -0.4 is 5.73 Å². The Balaban J connectivity index is 1.47. The van der Waals surface area contributed by atoms with Crippen LogP contribution in [0.25, 0.3) is 0 Å². The van der Waals surface area contributed by atoms with E-state index in [0.717, 1.165) is 19.8 Å². The quantitative estimate of drug-likeness (QED) is 0.711. The van der Waals surface area contributed by atoms with E-state index in [1.54, 1.807) is 9.80 Å². The fourth-order valence-corrected chi connectivity index (χ4v) is 5.55. The number of nitrogens with zero attached hydrogens (tertiary/aromatic N) is 3. The molecule has 0 saturated carbocycles. The van der Waals surface area contributed by atoms with Gasteiger partial charge < -0.3 is 15.5 Å². The van der Waals surface area contributed by atoms with Crippen molar-refractivity contribution < 1.29 is 14.4 Å². The standard InChI is InChI=1S/C17H20N4O3S3/c1-11-13(9-14(18)22)27-17(19-11)26-10-15(23)20-4-6-21(7-5-20)16(24)12-3-2-8-25-12/h2-3,8H,4-7,9-10H2,1H3,(H2,18,22). The molecule has 0 aromatic carbocycles. The minimum Gasteiger partial charge on any atom is -0.369 e. The van der Waals surface area contributed by atoms with Gasteiger partial charge in [0.2, 0.25) is 11.8 Å². The third-order valence-electron chi connectivity index (χ3n) is 4.18. The highest BCUT2D eigenvalue weighted by Gasteiger charge is 2.25. The number of thiophene rings is 1. The van der Waals surface area contributed by atoms with Gasteiger partial charge in [-0.2, -0.15) is 0 Å². The number of carbonyl (C=O) groups excluding carboxylic acids is 3. The Morgan fingerprint density at radius 1 is 1.22 bits per heavy atom. The maximum atomic E-state index is 12.5. The first kappa shape index (κ1) is 19.8. The number of thioether (sulfide) groups is 1. The van der Waals surface area contributed by atoms with Gasteiger partial charge in [0, 0.05) is 31.1 Å². The maximum absolute atomic E-state index is 12.5. The summed E-state index contributed by atoms with van der Waals surface area (Å²) >= 11 is 4.22. The maximum Gasteiger partial charge on any atom is 0.264 e. The first-order valence-corrected chi connectivity index (χ1v) is 11.1. The Bertz CT molecular complexity index is 827. The predicted molar refractivity (Wildman–Crippen MR) is 107 cm³/mol. The largest absolute Gasteiger partial charge is 0.369 e. The summed E-state index contributed by atoms with van der Waals surface area (Å²) in [5.41, 5.74) is 6.02. The lowest BCUT2D eigenvalue weighted by atomic mass is 10.3. The molecule has 1 aliphatic heterocycles. The molecule has 0 aliphatic carbocycles. The van der Waals surface area contributed by atoms with E-state index < -0.39 is 0 Å². The molecule has 0 radical (unpaired) electrons. The number of carbonyl (C=O) groups is 3. The minimum atomic E-state index is -0.385. The van der Waals surface area contributed by atoms with E-state index in [1.165, 1.54) is 34.4 Å². The fraction of sp³-hybridized carbons (Fsp3) is 0.412. The SMILES string of the molecule is Cc1nc(SCC(=O)N2CCN(C(=O)c3cccs3)CC2)sc1CC(N)=O. The van der Waals surface area contributed by atoms with Gasteiger partial charge in [0.15, 0.2) is 4.34 Å². The molecule has 3 rings (SSSR count). The van der Waals surface area contributed by atoms with Gasteiger partial charge in [-0.25, -0.2) is 4.98 Å². The van der Waals surface area contributed by atoms with Crippen LogP contribution in [0.5, 0.6) is 0 Å². The number of amides is 3. The zero-order valence-electron chi connectivity index (χ0n) is 14.8. The van der Waals surface area contributed by atoms with Crippen LogP contribution in [0.2, 0.25) is 0 Å². The van der Waals surface area contributed by atoms with Crippen molar-refractivity contribution in [3.8, 4) is 0 Å². The Kier molecular flexibility index (Phi) is 6.51. The Labute approximate surface area is 169 Å². The van der Waals surface area contributed by atoms with E-state index in [9.17, 15) is 14.4 Å². The molecule has 1 fully saturated rings. The molecule has 0 atom stereocenters. The van der Waals surface area contributed by atoms with Gasteiger partial charge in [-0.05, 0) is 18.4 Å². The number of thiazole rings is 1. The first-order chi connectivity index (χ1) is 12.9. The second-order valence-electron chi connectivity index (χ2n) is 6.07. The van der Waals surface area contributed by atoms with Gasteiger partial charge in [0.1, 0.15) is 0 Å².